The van der Waals surface area contributed by atoms with Crippen LogP contribution in [0.4, 0.5) is 11.8 Å². The number of nitrogens with one attached hydrogen (secondary N) is 2. The Labute approximate surface area is 106 Å². The van der Waals surface area contributed by atoms with Gasteiger partial charge in [0.2, 0.25) is 5.95 Å². The molecule has 2 aromatic rings. The molecule has 0 aromatic carbocycles. The third-order valence-electron chi connectivity index (χ3n) is 2.76. The highest BCUT2D eigenvalue weighted by Gasteiger charge is 2.14. The Balaban J connectivity index is 2.42. The number of nitrogens with zero attached hydrogens (tertiary/aromatic N) is 4. The summed E-state index contributed by atoms with van der Waals surface area (Å²) in [7, 11) is 3.49. The normalized spacial score (nSPS) is 10.8. The summed E-state index contributed by atoms with van der Waals surface area (Å²) in [6.07, 6.45) is 1.75. The second kappa shape index (κ2) is 5.63. The maximum Gasteiger partial charge on any atom is 0.226 e. The highest BCUT2D eigenvalue weighted by Crippen LogP contribution is 2.23. The molecule has 2 aromatic heterocycles. The number of likely N-dealkylation sites (N-methyl/N-ethyl adjacent to an activating group) is 1. The van der Waals surface area contributed by atoms with Gasteiger partial charge in [-0.2, -0.15) is 15.1 Å². The van der Waals surface area contributed by atoms with E-state index in [1.807, 2.05) is 0 Å². The van der Waals surface area contributed by atoms with E-state index in [1.54, 1.807) is 20.4 Å². The Kier molecular flexibility index (Phi) is 3.93. The van der Waals surface area contributed by atoms with Crippen LogP contribution in [0.3, 0.4) is 0 Å². The fourth-order valence-corrected chi connectivity index (χ4v) is 1.79. The molecule has 7 nitrogen and oxygen atoms in total. The van der Waals surface area contributed by atoms with Crippen LogP contribution in [0, 0.1) is 0 Å². The Morgan fingerprint density at radius 3 is 2.94 bits per heavy atom. The Bertz CT molecular complexity index is 511. The van der Waals surface area contributed by atoms with Crippen LogP contribution in [-0.2, 0) is 4.74 Å². The number of hydrogen-bond acceptors (Lipinski definition) is 6. The minimum absolute atomic E-state index is 0.581. The lowest BCUT2D eigenvalue weighted by atomic mass is 10.3. The van der Waals surface area contributed by atoms with Crippen LogP contribution in [0.15, 0.2) is 6.20 Å². The van der Waals surface area contributed by atoms with Gasteiger partial charge in [0, 0.05) is 27.2 Å². The molecule has 98 valence electrons. The summed E-state index contributed by atoms with van der Waals surface area (Å²) < 4.78 is 5.12. The number of hydrogen-bond donors (Lipinski definition) is 2. The van der Waals surface area contributed by atoms with E-state index in [9.17, 15) is 0 Å². The Morgan fingerprint density at radius 2 is 2.28 bits per heavy atom. The van der Waals surface area contributed by atoms with Gasteiger partial charge in [0.1, 0.15) is 5.82 Å². The van der Waals surface area contributed by atoms with Gasteiger partial charge in [-0.3, -0.25) is 5.10 Å². The number of aromatic nitrogens is 4. The minimum Gasteiger partial charge on any atom is -0.383 e. The average Bonchev–Trinajstić information content (AvgIpc) is 2.87. The SMILES string of the molecule is CCN(CCOC)c1nc(NC)nc2[nH]ncc12. The largest absolute Gasteiger partial charge is 0.383 e. The number of methoxy groups -OCH3 is 1. The molecular formula is C11H18N6O. The van der Waals surface area contributed by atoms with Crippen molar-refractivity contribution in [3.63, 3.8) is 0 Å². The van der Waals surface area contributed by atoms with Gasteiger partial charge >= 0.3 is 0 Å². The van der Waals surface area contributed by atoms with E-state index < -0.39 is 0 Å². The standard InChI is InChI=1S/C11H18N6O/c1-4-17(5-6-18-3)10-8-7-13-16-9(8)14-11(12-2)15-10/h7H,4-6H2,1-3H3,(H2,12,13,14,15,16). The summed E-state index contributed by atoms with van der Waals surface area (Å²) in [5.41, 5.74) is 0.736. The molecule has 7 heteroatoms. The lowest BCUT2D eigenvalue weighted by molar-refractivity contribution is 0.205. The van der Waals surface area contributed by atoms with Gasteiger partial charge in [-0.15, -0.1) is 0 Å². The molecule has 0 aliphatic heterocycles. The molecular weight excluding hydrogens is 232 g/mol. The molecule has 0 unspecified atom stereocenters. The number of ether oxygens (including phenoxy) is 1. The minimum atomic E-state index is 0.581. The van der Waals surface area contributed by atoms with Crippen molar-refractivity contribution in [1.29, 1.82) is 0 Å². The third-order valence-corrected chi connectivity index (χ3v) is 2.76. The lowest BCUT2D eigenvalue weighted by Crippen LogP contribution is -2.28. The fourth-order valence-electron chi connectivity index (χ4n) is 1.79. The topological polar surface area (TPSA) is 79.0 Å². The van der Waals surface area contributed by atoms with Crippen LogP contribution in [0.25, 0.3) is 11.0 Å². The quantitative estimate of drug-likeness (QED) is 0.792. The molecule has 0 aliphatic carbocycles. The molecule has 0 spiro atoms. The molecule has 0 fully saturated rings. The van der Waals surface area contributed by atoms with Crippen molar-refractivity contribution >= 4 is 22.8 Å². The second-order valence-electron chi connectivity index (χ2n) is 3.83. The molecule has 0 atom stereocenters. The predicted octanol–water partition coefficient (Wildman–Crippen LogP) is 0.867. The first-order valence-corrected chi connectivity index (χ1v) is 5.93. The number of anilines is 2. The van der Waals surface area contributed by atoms with Crippen LogP contribution in [0.5, 0.6) is 0 Å². The molecule has 0 bridgehead atoms. The van der Waals surface area contributed by atoms with E-state index in [0.29, 0.717) is 12.6 Å². The smallest absolute Gasteiger partial charge is 0.226 e. The van der Waals surface area contributed by atoms with Crippen molar-refractivity contribution in [3.8, 4) is 0 Å². The molecule has 0 radical (unpaired) electrons. The first kappa shape index (κ1) is 12.6. The van der Waals surface area contributed by atoms with Crippen molar-refractivity contribution in [2.75, 3.05) is 44.1 Å². The summed E-state index contributed by atoms with van der Waals surface area (Å²) in [5.74, 6) is 1.45. The van der Waals surface area contributed by atoms with Gasteiger partial charge < -0.3 is 15.0 Å². The summed E-state index contributed by atoms with van der Waals surface area (Å²) >= 11 is 0. The van der Waals surface area contributed by atoms with E-state index in [0.717, 1.165) is 29.9 Å². The van der Waals surface area contributed by atoms with Crippen molar-refractivity contribution in [2.45, 2.75) is 6.92 Å². The van der Waals surface area contributed by atoms with Crippen LogP contribution < -0.4 is 10.2 Å². The summed E-state index contributed by atoms with van der Waals surface area (Å²) in [4.78, 5) is 11.0. The molecule has 0 saturated heterocycles. The maximum absolute atomic E-state index is 5.12. The molecule has 2 N–H and O–H groups in total. The molecule has 2 rings (SSSR count). The zero-order valence-electron chi connectivity index (χ0n) is 10.9. The van der Waals surface area contributed by atoms with Crippen molar-refractivity contribution in [2.24, 2.45) is 0 Å². The fraction of sp³-hybridized carbons (Fsp3) is 0.545. The zero-order valence-corrected chi connectivity index (χ0v) is 10.9. The van der Waals surface area contributed by atoms with Crippen LogP contribution >= 0.6 is 0 Å². The monoisotopic (exact) mass is 250 g/mol. The summed E-state index contributed by atoms with van der Waals surface area (Å²) in [6, 6.07) is 0. The van der Waals surface area contributed by atoms with Crippen molar-refractivity contribution < 1.29 is 4.74 Å². The van der Waals surface area contributed by atoms with Gasteiger partial charge in [-0.05, 0) is 6.92 Å². The first-order chi connectivity index (χ1) is 8.80. The molecule has 0 amide bonds. The van der Waals surface area contributed by atoms with Crippen LogP contribution in [0.1, 0.15) is 6.92 Å². The Hall–Kier alpha value is -1.89. The lowest BCUT2D eigenvalue weighted by Gasteiger charge is -2.22. The number of rotatable bonds is 6. The van der Waals surface area contributed by atoms with Crippen molar-refractivity contribution in [1.82, 2.24) is 20.2 Å². The molecule has 2 heterocycles. The van der Waals surface area contributed by atoms with E-state index in [-0.39, 0.29) is 0 Å². The molecule has 0 aliphatic rings. The van der Waals surface area contributed by atoms with Crippen LogP contribution in [0.2, 0.25) is 0 Å². The summed E-state index contributed by atoms with van der Waals surface area (Å²) in [6.45, 7) is 4.38. The average molecular weight is 250 g/mol. The Morgan fingerprint density at radius 1 is 1.44 bits per heavy atom. The zero-order chi connectivity index (χ0) is 13.0. The van der Waals surface area contributed by atoms with E-state index >= 15 is 0 Å². The number of aromatic amines is 1. The van der Waals surface area contributed by atoms with Gasteiger partial charge in [0.15, 0.2) is 5.65 Å². The molecule has 18 heavy (non-hydrogen) atoms. The van der Waals surface area contributed by atoms with Gasteiger partial charge in [0.05, 0.1) is 18.2 Å². The van der Waals surface area contributed by atoms with Gasteiger partial charge in [0.25, 0.3) is 0 Å². The highest BCUT2D eigenvalue weighted by atomic mass is 16.5. The van der Waals surface area contributed by atoms with Crippen LogP contribution in [-0.4, -0.2) is 54.0 Å². The molecule has 0 saturated carbocycles. The van der Waals surface area contributed by atoms with E-state index in [1.165, 1.54) is 0 Å². The first-order valence-electron chi connectivity index (χ1n) is 5.93. The number of fused-ring (bicyclic) bond motifs is 1. The van der Waals surface area contributed by atoms with Crippen molar-refractivity contribution in [3.05, 3.63) is 6.20 Å². The highest BCUT2D eigenvalue weighted by molar-refractivity contribution is 5.87. The van der Waals surface area contributed by atoms with E-state index in [2.05, 4.69) is 37.3 Å². The third kappa shape index (κ3) is 2.35. The summed E-state index contributed by atoms with van der Waals surface area (Å²) in [5, 5.41) is 10.8. The van der Waals surface area contributed by atoms with E-state index in [4.69, 9.17) is 4.74 Å². The maximum atomic E-state index is 5.12. The van der Waals surface area contributed by atoms with Gasteiger partial charge in [-0.1, -0.05) is 0 Å². The van der Waals surface area contributed by atoms with Gasteiger partial charge in [-0.25, -0.2) is 0 Å². The number of H-pyrrole nitrogens is 1. The predicted molar refractivity (Wildman–Crippen MR) is 71.0 cm³/mol. The second-order valence-corrected chi connectivity index (χ2v) is 3.83.